The van der Waals surface area contributed by atoms with Crippen molar-refractivity contribution in [3.63, 3.8) is 0 Å². The monoisotopic (exact) mass is 201 g/mol. The van der Waals surface area contributed by atoms with E-state index < -0.39 is 0 Å². The number of aliphatic hydroxyl groups is 1. The van der Waals surface area contributed by atoms with Crippen LogP contribution in [0.1, 0.15) is 59.3 Å². The lowest BCUT2D eigenvalue weighted by Gasteiger charge is -2.17. The maximum atomic E-state index is 8.76. The first-order chi connectivity index (χ1) is 6.74. The highest BCUT2D eigenvalue weighted by atomic mass is 16.3. The topological polar surface area (TPSA) is 32.3 Å². The molecule has 2 heteroatoms. The molecule has 14 heavy (non-hydrogen) atoms. The minimum Gasteiger partial charge on any atom is -0.381 e. The van der Waals surface area contributed by atoms with Crippen LogP contribution < -0.4 is 5.32 Å². The number of rotatable bonds is 9. The van der Waals surface area contributed by atoms with Crippen molar-refractivity contribution in [3.8, 4) is 0 Å². The Morgan fingerprint density at radius 1 is 1.14 bits per heavy atom. The van der Waals surface area contributed by atoms with Crippen molar-refractivity contribution in [1.82, 2.24) is 5.32 Å². The third-order valence-corrected chi connectivity index (χ3v) is 2.93. The molecule has 0 fully saturated rings. The number of aliphatic hydroxyl groups excluding tert-OH is 1. The molecule has 2 atom stereocenters. The summed E-state index contributed by atoms with van der Waals surface area (Å²) in [6.45, 7) is 6.86. The Hall–Kier alpha value is -0.0800. The van der Waals surface area contributed by atoms with E-state index in [0.717, 1.165) is 12.3 Å². The van der Waals surface area contributed by atoms with Gasteiger partial charge in [0.2, 0.25) is 0 Å². The minimum atomic E-state index is 0.113. The van der Waals surface area contributed by atoms with Gasteiger partial charge in [0, 0.05) is 6.04 Å². The van der Waals surface area contributed by atoms with Crippen molar-refractivity contribution < 1.29 is 5.11 Å². The highest BCUT2D eigenvalue weighted by Crippen LogP contribution is 2.15. The average molecular weight is 201 g/mol. The van der Waals surface area contributed by atoms with E-state index in [9.17, 15) is 0 Å². The third-order valence-electron chi connectivity index (χ3n) is 2.93. The molecular weight excluding hydrogens is 174 g/mol. The normalized spacial score (nSPS) is 15.4. The Balaban J connectivity index is 3.46. The summed E-state index contributed by atoms with van der Waals surface area (Å²) in [7, 11) is 0. The quantitative estimate of drug-likeness (QED) is 0.562. The molecule has 0 saturated carbocycles. The van der Waals surface area contributed by atoms with Crippen LogP contribution in [0.4, 0.5) is 0 Å². The molecular formula is C12H27NO. The Bertz CT molecular complexity index is 117. The highest BCUT2D eigenvalue weighted by molar-refractivity contribution is 4.65. The largest absolute Gasteiger partial charge is 0.381 e. The fourth-order valence-corrected chi connectivity index (χ4v) is 1.76. The molecule has 0 aliphatic carbocycles. The predicted molar refractivity (Wildman–Crippen MR) is 62.2 cm³/mol. The molecule has 0 aliphatic heterocycles. The molecule has 0 amide bonds. The lowest BCUT2D eigenvalue weighted by atomic mass is 9.96. The molecule has 0 bridgehead atoms. The van der Waals surface area contributed by atoms with Crippen LogP contribution in [0.25, 0.3) is 0 Å². The van der Waals surface area contributed by atoms with Gasteiger partial charge in [0.15, 0.2) is 0 Å². The summed E-state index contributed by atoms with van der Waals surface area (Å²) in [5, 5.41) is 11.9. The van der Waals surface area contributed by atoms with Gasteiger partial charge in [0.1, 0.15) is 0 Å². The van der Waals surface area contributed by atoms with Gasteiger partial charge >= 0.3 is 0 Å². The van der Waals surface area contributed by atoms with E-state index >= 15 is 0 Å². The summed E-state index contributed by atoms with van der Waals surface area (Å²) in [4.78, 5) is 0. The van der Waals surface area contributed by atoms with Gasteiger partial charge in [-0.05, 0) is 25.2 Å². The van der Waals surface area contributed by atoms with Crippen LogP contribution in [-0.4, -0.2) is 17.9 Å². The standard InChI is InChI=1S/C12H27NO/c1-4-6-7-11(3)8-9-12(5-2)13-10-14/h11-14H,4-10H2,1-3H3. The van der Waals surface area contributed by atoms with E-state index in [4.69, 9.17) is 5.11 Å². The summed E-state index contributed by atoms with van der Waals surface area (Å²) in [5.41, 5.74) is 0. The third kappa shape index (κ3) is 7.34. The van der Waals surface area contributed by atoms with E-state index in [0.29, 0.717) is 6.04 Å². The van der Waals surface area contributed by atoms with Crippen molar-refractivity contribution in [2.45, 2.75) is 65.3 Å². The van der Waals surface area contributed by atoms with E-state index in [-0.39, 0.29) is 6.73 Å². The van der Waals surface area contributed by atoms with Gasteiger partial charge in [-0.25, -0.2) is 0 Å². The number of nitrogens with one attached hydrogen (secondary N) is 1. The Kier molecular flexibility index (Phi) is 9.42. The van der Waals surface area contributed by atoms with Crippen LogP contribution in [0.5, 0.6) is 0 Å². The first-order valence-electron chi connectivity index (χ1n) is 6.08. The summed E-state index contributed by atoms with van der Waals surface area (Å²) in [6.07, 6.45) is 7.60. The molecule has 2 unspecified atom stereocenters. The summed E-state index contributed by atoms with van der Waals surface area (Å²) >= 11 is 0. The Morgan fingerprint density at radius 2 is 1.86 bits per heavy atom. The van der Waals surface area contributed by atoms with Crippen LogP contribution in [0.2, 0.25) is 0 Å². The SMILES string of the molecule is CCCCC(C)CCC(CC)NCO. The molecule has 0 aliphatic rings. The number of unbranched alkanes of at least 4 members (excludes halogenated alkanes) is 1. The summed E-state index contributed by atoms with van der Waals surface area (Å²) < 4.78 is 0. The molecule has 0 rings (SSSR count). The molecule has 86 valence electrons. The second-order valence-corrected chi connectivity index (χ2v) is 4.29. The zero-order valence-electron chi connectivity index (χ0n) is 10.1. The Labute approximate surface area is 89.1 Å². The van der Waals surface area contributed by atoms with Crippen molar-refractivity contribution in [3.05, 3.63) is 0 Å². The lowest BCUT2D eigenvalue weighted by molar-refractivity contribution is 0.230. The highest BCUT2D eigenvalue weighted by Gasteiger charge is 2.07. The first-order valence-corrected chi connectivity index (χ1v) is 6.08. The van der Waals surface area contributed by atoms with Crippen molar-refractivity contribution in [2.75, 3.05) is 6.73 Å². The van der Waals surface area contributed by atoms with Gasteiger partial charge in [0.25, 0.3) is 0 Å². The smallest absolute Gasteiger partial charge is 0.0933 e. The molecule has 0 aromatic rings. The molecule has 0 heterocycles. The van der Waals surface area contributed by atoms with Gasteiger partial charge < -0.3 is 5.11 Å². The Morgan fingerprint density at radius 3 is 2.36 bits per heavy atom. The zero-order valence-corrected chi connectivity index (χ0v) is 10.1. The fraction of sp³-hybridized carbons (Fsp3) is 1.00. The van der Waals surface area contributed by atoms with Gasteiger partial charge in [-0.1, -0.05) is 40.0 Å². The van der Waals surface area contributed by atoms with E-state index in [1.807, 2.05) is 0 Å². The van der Waals surface area contributed by atoms with Crippen molar-refractivity contribution >= 4 is 0 Å². The predicted octanol–water partition coefficient (Wildman–Crippen LogP) is 2.91. The van der Waals surface area contributed by atoms with Gasteiger partial charge in [-0.3, -0.25) is 5.32 Å². The van der Waals surface area contributed by atoms with E-state index in [1.165, 1.54) is 32.1 Å². The maximum absolute atomic E-state index is 8.76. The number of hydrogen-bond donors (Lipinski definition) is 2. The summed E-state index contributed by atoms with van der Waals surface area (Å²) in [6, 6.07) is 0.504. The second-order valence-electron chi connectivity index (χ2n) is 4.29. The molecule has 2 nitrogen and oxygen atoms in total. The molecule has 0 spiro atoms. The van der Waals surface area contributed by atoms with Crippen molar-refractivity contribution in [1.29, 1.82) is 0 Å². The van der Waals surface area contributed by atoms with E-state index in [2.05, 4.69) is 26.1 Å². The summed E-state index contributed by atoms with van der Waals surface area (Å²) in [5.74, 6) is 0.837. The lowest BCUT2D eigenvalue weighted by Crippen LogP contribution is -2.29. The van der Waals surface area contributed by atoms with Gasteiger partial charge in [-0.2, -0.15) is 0 Å². The second kappa shape index (κ2) is 9.47. The van der Waals surface area contributed by atoms with E-state index in [1.54, 1.807) is 0 Å². The van der Waals surface area contributed by atoms with Crippen molar-refractivity contribution in [2.24, 2.45) is 5.92 Å². The van der Waals surface area contributed by atoms with Gasteiger partial charge in [0.05, 0.1) is 6.73 Å². The fourth-order valence-electron chi connectivity index (χ4n) is 1.76. The van der Waals surface area contributed by atoms with Crippen LogP contribution in [-0.2, 0) is 0 Å². The molecule has 0 radical (unpaired) electrons. The van der Waals surface area contributed by atoms with Crippen LogP contribution in [0.3, 0.4) is 0 Å². The molecule has 0 aromatic heterocycles. The minimum absolute atomic E-state index is 0.113. The number of hydrogen-bond acceptors (Lipinski definition) is 2. The first kappa shape index (κ1) is 13.9. The van der Waals surface area contributed by atoms with Crippen LogP contribution in [0.15, 0.2) is 0 Å². The molecule has 2 N–H and O–H groups in total. The van der Waals surface area contributed by atoms with Crippen LogP contribution >= 0.6 is 0 Å². The molecule has 0 saturated heterocycles. The maximum Gasteiger partial charge on any atom is 0.0933 e. The van der Waals surface area contributed by atoms with Gasteiger partial charge in [-0.15, -0.1) is 0 Å². The average Bonchev–Trinajstić information content (AvgIpc) is 2.21. The van der Waals surface area contributed by atoms with Crippen LogP contribution in [0, 0.1) is 5.92 Å². The zero-order chi connectivity index (χ0) is 10.8. The molecule has 0 aromatic carbocycles.